The molecule has 0 saturated carbocycles. The Hall–Kier alpha value is -4.69. The number of benzene rings is 3. The zero-order chi connectivity index (χ0) is 26.9. The molecular formula is C30H30N4O4. The molecule has 0 spiro atoms. The summed E-state index contributed by atoms with van der Waals surface area (Å²) in [7, 11) is 0. The summed E-state index contributed by atoms with van der Waals surface area (Å²) in [5.74, 6) is -0.303. The van der Waals surface area contributed by atoms with Gasteiger partial charge in [-0.05, 0) is 48.4 Å². The Morgan fingerprint density at radius 3 is 2.24 bits per heavy atom. The van der Waals surface area contributed by atoms with Crippen LogP contribution in [0.3, 0.4) is 0 Å². The van der Waals surface area contributed by atoms with Crippen LogP contribution in [0.5, 0.6) is 0 Å². The molecule has 194 valence electrons. The lowest BCUT2D eigenvalue weighted by atomic mass is 9.96. The summed E-state index contributed by atoms with van der Waals surface area (Å²) in [6.07, 6.45) is 2.19. The van der Waals surface area contributed by atoms with Crippen molar-refractivity contribution in [2.24, 2.45) is 0 Å². The van der Waals surface area contributed by atoms with Gasteiger partial charge in [-0.1, -0.05) is 60.7 Å². The first-order chi connectivity index (χ1) is 18.5. The number of carbonyl (C=O) groups excluding carboxylic acids is 2. The summed E-state index contributed by atoms with van der Waals surface area (Å²) in [6.45, 7) is 1.57. The van der Waals surface area contributed by atoms with E-state index >= 15 is 0 Å². The van der Waals surface area contributed by atoms with Crippen molar-refractivity contribution in [1.29, 1.82) is 0 Å². The zero-order valence-electron chi connectivity index (χ0n) is 21.0. The summed E-state index contributed by atoms with van der Waals surface area (Å²) in [6, 6.07) is 26.6. The number of aromatic nitrogens is 1. The summed E-state index contributed by atoms with van der Waals surface area (Å²) in [5.41, 5.74) is 9.74. The fourth-order valence-electron chi connectivity index (χ4n) is 4.15. The van der Waals surface area contributed by atoms with Crippen molar-refractivity contribution in [2.45, 2.75) is 19.1 Å². The van der Waals surface area contributed by atoms with Crippen LogP contribution in [0.1, 0.15) is 46.1 Å². The number of carbonyl (C=O) groups is 2. The van der Waals surface area contributed by atoms with Gasteiger partial charge in [-0.2, -0.15) is 0 Å². The molecule has 3 aromatic carbocycles. The molecule has 8 nitrogen and oxygen atoms in total. The first-order valence-corrected chi connectivity index (χ1v) is 12.3. The molecule has 8 heteroatoms. The number of aliphatic hydroxyl groups is 1. The summed E-state index contributed by atoms with van der Waals surface area (Å²) in [4.78, 5) is 31.8. The topological polar surface area (TPSA) is 118 Å². The van der Waals surface area contributed by atoms with E-state index in [-0.39, 0.29) is 19.1 Å². The Morgan fingerprint density at radius 2 is 1.58 bits per heavy atom. The monoisotopic (exact) mass is 510 g/mol. The van der Waals surface area contributed by atoms with E-state index in [0.717, 1.165) is 16.7 Å². The Morgan fingerprint density at radius 1 is 0.921 bits per heavy atom. The van der Waals surface area contributed by atoms with Crippen LogP contribution >= 0.6 is 0 Å². The van der Waals surface area contributed by atoms with Gasteiger partial charge in [0.15, 0.2) is 0 Å². The van der Waals surface area contributed by atoms with Crippen LogP contribution in [-0.2, 0) is 4.74 Å². The van der Waals surface area contributed by atoms with Gasteiger partial charge in [0.1, 0.15) is 6.10 Å². The minimum absolute atomic E-state index is 0.0493. The number of aliphatic hydroxyl groups excluding tert-OH is 1. The molecule has 0 saturated heterocycles. The summed E-state index contributed by atoms with van der Waals surface area (Å²) in [5, 5.41) is 12.7. The van der Waals surface area contributed by atoms with E-state index in [4.69, 9.17) is 10.5 Å². The minimum atomic E-state index is -0.578. The highest BCUT2D eigenvalue weighted by Gasteiger charge is 2.29. The van der Waals surface area contributed by atoms with Crippen molar-refractivity contribution in [1.82, 2.24) is 9.88 Å². The second-order valence-electron chi connectivity index (χ2n) is 8.71. The summed E-state index contributed by atoms with van der Waals surface area (Å²) >= 11 is 0. The molecule has 1 unspecified atom stereocenters. The van der Waals surface area contributed by atoms with Gasteiger partial charge in [0.25, 0.3) is 5.91 Å². The number of hydrogen-bond donors (Lipinski definition) is 3. The molecule has 0 fully saturated rings. The fourth-order valence-corrected chi connectivity index (χ4v) is 4.15. The quantitative estimate of drug-likeness (QED) is 0.267. The van der Waals surface area contributed by atoms with Crippen molar-refractivity contribution in [3.8, 4) is 0 Å². The Labute approximate surface area is 221 Å². The minimum Gasteiger partial charge on any atom is -0.441 e. The number of amides is 2. The Bertz CT molecular complexity index is 1350. The third-order valence-electron chi connectivity index (χ3n) is 6.13. The molecule has 4 aromatic rings. The molecule has 0 aliphatic heterocycles. The van der Waals surface area contributed by atoms with E-state index in [1.54, 1.807) is 73.9 Å². The number of nitrogen functional groups attached to an aromatic ring is 1. The number of nitrogens with one attached hydrogen (secondary N) is 1. The summed E-state index contributed by atoms with van der Waals surface area (Å²) < 4.78 is 5.77. The van der Waals surface area contributed by atoms with E-state index in [0.29, 0.717) is 16.9 Å². The Kier molecular flexibility index (Phi) is 8.69. The van der Waals surface area contributed by atoms with Gasteiger partial charge >= 0.3 is 6.09 Å². The smallest absolute Gasteiger partial charge is 0.411 e. The number of hydrogen-bond acceptors (Lipinski definition) is 6. The average molecular weight is 511 g/mol. The van der Waals surface area contributed by atoms with E-state index in [1.807, 2.05) is 36.4 Å². The molecule has 4 rings (SSSR count). The maximum atomic E-state index is 13.4. The maximum absolute atomic E-state index is 13.4. The lowest BCUT2D eigenvalue weighted by molar-refractivity contribution is 0.0549. The zero-order valence-corrected chi connectivity index (χ0v) is 21.0. The molecule has 1 heterocycles. The van der Waals surface area contributed by atoms with Gasteiger partial charge in [-0.15, -0.1) is 0 Å². The van der Waals surface area contributed by atoms with Crippen molar-refractivity contribution < 1.29 is 19.4 Å². The van der Waals surface area contributed by atoms with Crippen molar-refractivity contribution >= 4 is 23.4 Å². The van der Waals surface area contributed by atoms with Crippen molar-refractivity contribution in [3.63, 3.8) is 0 Å². The lowest BCUT2D eigenvalue weighted by Gasteiger charge is -2.32. The van der Waals surface area contributed by atoms with E-state index < -0.39 is 18.2 Å². The highest BCUT2D eigenvalue weighted by molar-refractivity contribution is 6.05. The molecule has 1 aromatic heterocycles. The van der Waals surface area contributed by atoms with Crippen LogP contribution in [0.15, 0.2) is 103 Å². The molecule has 0 bridgehead atoms. The van der Waals surface area contributed by atoms with Crippen molar-refractivity contribution in [3.05, 3.63) is 126 Å². The molecule has 0 radical (unpaired) electrons. The average Bonchev–Trinajstić information content (AvgIpc) is 2.95. The predicted octanol–water partition coefficient (Wildman–Crippen LogP) is 5.20. The third kappa shape index (κ3) is 6.35. The predicted molar refractivity (Wildman–Crippen MR) is 146 cm³/mol. The molecule has 38 heavy (non-hydrogen) atoms. The number of rotatable bonds is 9. The number of nitrogens with two attached hydrogens (primary N) is 1. The van der Waals surface area contributed by atoms with Gasteiger partial charge in [0, 0.05) is 30.1 Å². The first-order valence-electron chi connectivity index (χ1n) is 12.3. The highest BCUT2D eigenvalue weighted by Crippen LogP contribution is 2.31. The van der Waals surface area contributed by atoms with Gasteiger partial charge in [-0.25, -0.2) is 4.79 Å². The highest BCUT2D eigenvalue weighted by atomic mass is 16.6. The van der Waals surface area contributed by atoms with Crippen LogP contribution < -0.4 is 11.1 Å². The molecule has 0 aliphatic rings. The van der Waals surface area contributed by atoms with Crippen LogP contribution in [-0.4, -0.2) is 40.1 Å². The molecular weight excluding hydrogens is 480 g/mol. The number of pyridine rings is 1. The van der Waals surface area contributed by atoms with E-state index in [9.17, 15) is 14.7 Å². The van der Waals surface area contributed by atoms with Crippen molar-refractivity contribution in [2.75, 3.05) is 24.2 Å². The largest absolute Gasteiger partial charge is 0.441 e. The van der Waals surface area contributed by atoms with Crippen LogP contribution in [0.4, 0.5) is 16.2 Å². The number of para-hydroxylation sites is 2. The van der Waals surface area contributed by atoms with Crippen LogP contribution in [0.2, 0.25) is 0 Å². The number of anilines is 2. The second-order valence-corrected chi connectivity index (χ2v) is 8.71. The van der Waals surface area contributed by atoms with Crippen LogP contribution in [0.25, 0.3) is 0 Å². The maximum Gasteiger partial charge on any atom is 0.411 e. The molecule has 0 aliphatic carbocycles. The standard InChI is InChI=1S/C30H30N4O4/c1-21(25-10-7-17-32-20-25)38-30(37)34(18-19-35)28(22-8-3-2-4-9-22)23-13-15-24(16-14-23)29(36)33-27-12-6-5-11-26(27)31/h2-17,20-21,28,35H,18-19,31H2,1H3,(H,33,36)/t21-,28?/m0/s1. The SMILES string of the molecule is C[C@H](OC(=O)N(CCO)C(c1ccccc1)c1ccc(C(=O)Nc2ccccc2N)cc1)c1cccnc1. The van der Waals surface area contributed by atoms with Crippen LogP contribution in [0, 0.1) is 0 Å². The molecule has 2 atom stereocenters. The first kappa shape index (κ1) is 26.4. The van der Waals surface area contributed by atoms with Gasteiger partial charge in [0.05, 0.1) is 24.0 Å². The lowest BCUT2D eigenvalue weighted by Crippen LogP contribution is -2.38. The second kappa shape index (κ2) is 12.5. The van der Waals surface area contributed by atoms with E-state index in [2.05, 4.69) is 10.3 Å². The molecule has 2 amide bonds. The normalized spacial score (nSPS) is 12.3. The Balaban J connectivity index is 1.61. The van der Waals surface area contributed by atoms with E-state index in [1.165, 1.54) is 4.90 Å². The fraction of sp³-hybridized carbons (Fsp3) is 0.167. The van der Waals surface area contributed by atoms with Gasteiger partial charge < -0.3 is 20.9 Å². The molecule has 4 N–H and O–H groups in total. The van der Waals surface area contributed by atoms with Gasteiger partial charge in [-0.3, -0.25) is 14.7 Å². The van der Waals surface area contributed by atoms with Gasteiger partial charge in [0.2, 0.25) is 0 Å². The number of nitrogens with zero attached hydrogens (tertiary/aromatic N) is 2. The number of ether oxygens (including phenoxy) is 1. The third-order valence-corrected chi connectivity index (χ3v) is 6.13.